The summed E-state index contributed by atoms with van der Waals surface area (Å²) in [5, 5.41) is 3.05. The number of ketones is 1. The zero-order chi connectivity index (χ0) is 26.3. The van der Waals surface area contributed by atoms with Gasteiger partial charge in [0.2, 0.25) is 0 Å². The molecule has 10 nitrogen and oxygen atoms in total. The van der Waals surface area contributed by atoms with Gasteiger partial charge in [0.15, 0.2) is 5.78 Å². The summed E-state index contributed by atoms with van der Waals surface area (Å²) in [6.45, 7) is 8.53. The average Bonchev–Trinajstić information content (AvgIpc) is 2.86. The molecule has 0 aromatic heterocycles. The molecule has 1 N–H and O–H groups in total. The van der Waals surface area contributed by atoms with Gasteiger partial charge < -0.3 is 24.4 Å². The summed E-state index contributed by atoms with van der Waals surface area (Å²) < 4.78 is 16.1. The second kappa shape index (κ2) is 12.2. The summed E-state index contributed by atoms with van der Waals surface area (Å²) in [6, 6.07) is 7.39. The van der Waals surface area contributed by atoms with E-state index in [2.05, 4.69) is 5.32 Å². The van der Waals surface area contributed by atoms with Crippen LogP contribution in [-0.2, 0) is 30.4 Å². The number of benzene rings is 1. The van der Waals surface area contributed by atoms with Gasteiger partial charge in [-0.05, 0) is 46.1 Å². The Morgan fingerprint density at radius 2 is 1.64 bits per heavy atom. The van der Waals surface area contributed by atoms with E-state index in [0.29, 0.717) is 32.5 Å². The molecule has 2 saturated heterocycles. The Bertz CT molecular complexity index is 923. The number of nitrogens with one attached hydrogen (secondary N) is 1. The van der Waals surface area contributed by atoms with Crippen LogP contribution in [0, 0.1) is 5.92 Å². The maximum atomic E-state index is 13.7. The van der Waals surface area contributed by atoms with Crippen molar-refractivity contribution in [3.8, 4) is 0 Å². The van der Waals surface area contributed by atoms with Crippen molar-refractivity contribution in [2.75, 3.05) is 32.8 Å². The highest BCUT2D eigenvalue weighted by Crippen LogP contribution is 2.26. The summed E-state index contributed by atoms with van der Waals surface area (Å²) in [7, 11) is 0. The molecule has 0 spiro atoms. The number of carbonyl (C=O) groups is 4. The average molecular weight is 504 g/mol. The number of rotatable bonds is 6. The molecule has 2 aliphatic rings. The van der Waals surface area contributed by atoms with Gasteiger partial charge in [-0.15, -0.1) is 0 Å². The topological polar surface area (TPSA) is 114 Å². The maximum absolute atomic E-state index is 13.7. The molecule has 36 heavy (non-hydrogen) atoms. The number of hydrogen-bond acceptors (Lipinski definition) is 8. The van der Waals surface area contributed by atoms with E-state index in [0.717, 1.165) is 5.56 Å². The molecule has 10 heteroatoms. The highest BCUT2D eigenvalue weighted by atomic mass is 16.6. The lowest BCUT2D eigenvalue weighted by atomic mass is 9.85. The first-order valence-electron chi connectivity index (χ1n) is 12.5. The fraction of sp³-hybridized carbons (Fsp3) is 0.615. The molecule has 2 aliphatic heterocycles. The van der Waals surface area contributed by atoms with Gasteiger partial charge in [-0.1, -0.05) is 30.3 Å². The van der Waals surface area contributed by atoms with Gasteiger partial charge in [0.05, 0.1) is 6.61 Å². The van der Waals surface area contributed by atoms with Crippen LogP contribution in [0.2, 0.25) is 0 Å². The van der Waals surface area contributed by atoms with Gasteiger partial charge in [-0.2, -0.15) is 0 Å². The SMILES string of the molecule is CCOC(=O)C1NCCN(C(=O)OC(C)(C)C)C1C(=O)C1CCN(C(=O)OCc2ccccc2)CC1. The molecule has 1 aromatic carbocycles. The first kappa shape index (κ1) is 27.4. The molecule has 2 fully saturated rings. The van der Waals surface area contributed by atoms with Crippen molar-refractivity contribution < 1.29 is 33.4 Å². The molecule has 3 rings (SSSR count). The summed E-state index contributed by atoms with van der Waals surface area (Å²) in [4.78, 5) is 54.8. The monoisotopic (exact) mass is 503 g/mol. The quantitative estimate of drug-likeness (QED) is 0.466. The predicted octanol–water partition coefficient (Wildman–Crippen LogP) is 2.74. The van der Waals surface area contributed by atoms with Crippen LogP contribution in [0.25, 0.3) is 0 Å². The van der Waals surface area contributed by atoms with Crippen molar-refractivity contribution in [3.63, 3.8) is 0 Å². The Morgan fingerprint density at radius 3 is 2.25 bits per heavy atom. The third-order valence-electron chi connectivity index (χ3n) is 6.19. The van der Waals surface area contributed by atoms with Gasteiger partial charge in [0.25, 0.3) is 0 Å². The largest absolute Gasteiger partial charge is 0.465 e. The molecule has 2 atom stereocenters. The molecule has 1 aromatic rings. The van der Waals surface area contributed by atoms with E-state index in [9.17, 15) is 19.2 Å². The molecule has 0 saturated carbocycles. The Labute approximate surface area is 212 Å². The lowest BCUT2D eigenvalue weighted by Gasteiger charge is -2.42. The standard InChI is InChI=1S/C26H37N3O7/c1-5-34-23(31)20-21(29(16-13-27-20)25(33)36-26(2,3)4)22(30)19-11-14-28(15-12-19)24(32)35-17-18-9-7-6-8-10-18/h6-10,19-21,27H,5,11-17H2,1-4H3. The number of carbonyl (C=O) groups excluding carboxylic acids is 4. The summed E-state index contributed by atoms with van der Waals surface area (Å²) >= 11 is 0. The van der Waals surface area contributed by atoms with Crippen molar-refractivity contribution in [1.82, 2.24) is 15.1 Å². The zero-order valence-electron chi connectivity index (χ0n) is 21.5. The second-order valence-electron chi connectivity index (χ2n) is 10.0. The molecule has 0 bridgehead atoms. The van der Waals surface area contributed by atoms with E-state index in [1.54, 1.807) is 32.6 Å². The number of piperidine rings is 1. The fourth-order valence-corrected chi connectivity index (χ4v) is 4.46. The van der Waals surface area contributed by atoms with E-state index in [-0.39, 0.29) is 25.5 Å². The zero-order valence-corrected chi connectivity index (χ0v) is 21.5. The van der Waals surface area contributed by atoms with Crippen LogP contribution < -0.4 is 5.32 Å². The van der Waals surface area contributed by atoms with Crippen molar-refractivity contribution in [3.05, 3.63) is 35.9 Å². The lowest BCUT2D eigenvalue weighted by Crippen LogP contribution is -2.67. The van der Waals surface area contributed by atoms with Crippen LogP contribution in [0.5, 0.6) is 0 Å². The van der Waals surface area contributed by atoms with Crippen LogP contribution in [0.15, 0.2) is 30.3 Å². The number of hydrogen-bond donors (Lipinski definition) is 1. The molecular formula is C26H37N3O7. The summed E-state index contributed by atoms with van der Waals surface area (Å²) in [6.07, 6.45) is -0.247. The smallest absolute Gasteiger partial charge is 0.411 e. The van der Waals surface area contributed by atoms with Crippen LogP contribution in [0.3, 0.4) is 0 Å². The Balaban J connectivity index is 1.66. The van der Waals surface area contributed by atoms with Crippen LogP contribution >= 0.6 is 0 Å². The first-order chi connectivity index (χ1) is 17.1. The number of likely N-dealkylation sites (tertiary alicyclic amines) is 1. The van der Waals surface area contributed by atoms with E-state index in [1.165, 1.54) is 4.90 Å². The number of ether oxygens (including phenoxy) is 3. The molecule has 2 unspecified atom stereocenters. The molecule has 0 radical (unpaired) electrons. The normalized spacial score (nSPS) is 21.0. The molecule has 2 heterocycles. The summed E-state index contributed by atoms with van der Waals surface area (Å²) in [5.74, 6) is -1.23. The van der Waals surface area contributed by atoms with E-state index in [1.807, 2.05) is 30.3 Å². The predicted molar refractivity (Wildman–Crippen MR) is 131 cm³/mol. The van der Waals surface area contributed by atoms with Crippen LogP contribution in [0.4, 0.5) is 9.59 Å². The third kappa shape index (κ3) is 7.19. The molecular weight excluding hydrogens is 466 g/mol. The van der Waals surface area contributed by atoms with Crippen molar-refractivity contribution in [2.45, 2.75) is 64.8 Å². The highest BCUT2D eigenvalue weighted by molar-refractivity contribution is 5.95. The summed E-state index contributed by atoms with van der Waals surface area (Å²) in [5.41, 5.74) is 0.147. The number of Topliss-reactive ketones (excluding diaryl/α,β-unsaturated/α-hetero) is 1. The molecule has 2 amide bonds. The minimum Gasteiger partial charge on any atom is -0.465 e. The van der Waals surface area contributed by atoms with E-state index < -0.39 is 41.8 Å². The number of nitrogens with zero attached hydrogens (tertiary/aromatic N) is 2. The van der Waals surface area contributed by atoms with Crippen LogP contribution in [-0.4, -0.2) is 84.2 Å². The minimum absolute atomic E-state index is 0.161. The Hall–Kier alpha value is -3.14. The molecule has 198 valence electrons. The van der Waals surface area contributed by atoms with Crippen molar-refractivity contribution in [2.24, 2.45) is 5.92 Å². The van der Waals surface area contributed by atoms with Crippen molar-refractivity contribution in [1.29, 1.82) is 0 Å². The Morgan fingerprint density at radius 1 is 0.972 bits per heavy atom. The minimum atomic E-state index is -1.05. The lowest BCUT2D eigenvalue weighted by molar-refractivity contribution is -0.152. The first-order valence-corrected chi connectivity index (χ1v) is 12.5. The van der Waals surface area contributed by atoms with Gasteiger partial charge in [-0.3, -0.25) is 14.5 Å². The third-order valence-corrected chi connectivity index (χ3v) is 6.19. The number of piperazine rings is 1. The Kier molecular flexibility index (Phi) is 9.31. The van der Waals surface area contributed by atoms with E-state index in [4.69, 9.17) is 14.2 Å². The number of amides is 2. The van der Waals surface area contributed by atoms with Gasteiger partial charge >= 0.3 is 18.2 Å². The van der Waals surface area contributed by atoms with Gasteiger partial charge in [-0.25, -0.2) is 9.59 Å². The number of esters is 1. The van der Waals surface area contributed by atoms with E-state index >= 15 is 0 Å². The van der Waals surface area contributed by atoms with Gasteiger partial charge in [0, 0.05) is 32.1 Å². The van der Waals surface area contributed by atoms with Crippen molar-refractivity contribution >= 4 is 23.9 Å². The van der Waals surface area contributed by atoms with Gasteiger partial charge in [0.1, 0.15) is 24.3 Å². The second-order valence-corrected chi connectivity index (χ2v) is 10.0. The van der Waals surface area contributed by atoms with Crippen LogP contribution in [0.1, 0.15) is 46.1 Å². The molecule has 0 aliphatic carbocycles. The highest BCUT2D eigenvalue weighted by Gasteiger charge is 2.47. The fourth-order valence-electron chi connectivity index (χ4n) is 4.46. The maximum Gasteiger partial charge on any atom is 0.411 e.